The number of aliphatic hydroxyl groups excluding tert-OH is 1. The van der Waals surface area contributed by atoms with Gasteiger partial charge >= 0.3 is 0 Å². The average molecular weight is 248 g/mol. The SMILES string of the molecule is Cc1cccc(N)c1NCC1(CO)CCCCC1. The van der Waals surface area contributed by atoms with Crippen molar-refractivity contribution >= 4 is 11.4 Å². The Balaban J connectivity index is 2.05. The van der Waals surface area contributed by atoms with Gasteiger partial charge in [0, 0.05) is 12.0 Å². The highest BCUT2D eigenvalue weighted by atomic mass is 16.3. The fourth-order valence-electron chi connectivity index (χ4n) is 2.90. The topological polar surface area (TPSA) is 58.3 Å². The van der Waals surface area contributed by atoms with Crippen molar-refractivity contribution in [2.75, 3.05) is 24.2 Å². The number of hydrogen-bond acceptors (Lipinski definition) is 3. The Morgan fingerprint density at radius 1 is 1.28 bits per heavy atom. The first kappa shape index (κ1) is 13.2. The molecule has 0 bridgehead atoms. The van der Waals surface area contributed by atoms with Crippen LogP contribution >= 0.6 is 0 Å². The van der Waals surface area contributed by atoms with Crippen LogP contribution in [0, 0.1) is 12.3 Å². The van der Waals surface area contributed by atoms with Crippen molar-refractivity contribution in [3.05, 3.63) is 23.8 Å². The van der Waals surface area contributed by atoms with E-state index >= 15 is 0 Å². The molecule has 18 heavy (non-hydrogen) atoms. The van der Waals surface area contributed by atoms with Gasteiger partial charge in [-0.05, 0) is 31.4 Å². The van der Waals surface area contributed by atoms with Crippen molar-refractivity contribution in [1.82, 2.24) is 0 Å². The van der Waals surface area contributed by atoms with Gasteiger partial charge in [-0.2, -0.15) is 0 Å². The normalized spacial score (nSPS) is 18.6. The van der Waals surface area contributed by atoms with E-state index in [2.05, 4.69) is 18.3 Å². The van der Waals surface area contributed by atoms with E-state index in [0.717, 1.165) is 30.8 Å². The Kier molecular flexibility index (Phi) is 4.12. The molecule has 3 heteroatoms. The molecule has 1 aliphatic carbocycles. The van der Waals surface area contributed by atoms with Crippen LogP contribution < -0.4 is 11.1 Å². The molecule has 0 radical (unpaired) electrons. The lowest BCUT2D eigenvalue weighted by atomic mass is 9.74. The van der Waals surface area contributed by atoms with Crippen LogP contribution in [0.4, 0.5) is 11.4 Å². The lowest BCUT2D eigenvalue weighted by Gasteiger charge is -2.36. The van der Waals surface area contributed by atoms with Crippen LogP contribution in [0.1, 0.15) is 37.7 Å². The minimum Gasteiger partial charge on any atom is -0.397 e. The molecule has 0 heterocycles. The van der Waals surface area contributed by atoms with Crippen molar-refractivity contribution in [3.8, 4) is 0 Å². The third-order valence-corrected chi connectivity index (χ3v) is 4.19. The first-order valence-corrected chi connectivity index (χ1v) is 6.87. The van der Waals surface area contributed by atoms with E-state index in [0.29, 0.717) is 0 Å². The fraction of sp³-hybridized carbons (Fsp3) is 0.600. The van der Waals surface area contributed by atoms with Crippen molar-refractivity contribution in [3.63, 3.8) is 0 Å². The van der Waals surface area contributed by atoms with E-state index in [-0.39, 0.29) is 12.0 Å². The summed E-state index contributed by atoms with van der Waals surface area (Å²) in [5.41, 5.74) is 9.03. The van der Waals surface area contributed by atoms with Crippen molar-refractivity contribution in [1.29, 1.82) is 0 Å². The summed E-state index contributed by atoms with van der Waals surface area (Å²) in [7, 11) is 0. The Labute approximate surface area is 109 Å². The fourth-order valence-corrected chi connectivity index (χ4v) is 2.90. The standard InChI is InChI=1S/C15H24N2O/c1-12-6-5-7-13(16)14(12)17-10-15(11-18)8-3-2-4-9-15/h5-7,17-18H,2-4,8-11,16H2,1H3. The van der Waals surface area contributed by atoms with Crippen molar-refractivity contribution in [2.24, 2.45) is 5.41 Å². The molecule has 0 atom stereocenters. The third kappa shape index (κ3) is 2.78. The molecule has 100 valence electrons. The summed E-state index contributed by atoms with van der Waals surface area (Å²) in [4.78, 5) is 0. The smallest absolute Gasteiger partial charge is 0.0603 e. The van der Waals surface area contributed by atoms with Gasteiger partial charge in [-0.15, -0.1) is 0 Å². The van der Waals surface area contributed by atoms with Crippen molar-refractivity contribution in [2.45, 2.75) is 39.0 Å². The second kappa shape index (κ2) is 5.61. The van der Waals surface area contributed by atoms with Gasteiger partial charge in [-0.3, -0.25) is 0 Å². The maximum Gasteiger partial charge on any atom is 0.0603 e. The molecule has 0 aliphatic heterocycles. The molecule has 1 aliphatic rings. The van der Waals surface area contributed by atoms with Crippen LogP contribution in [0.2, 0.25) is 0 Å². The first-order valence-electron chi connectivity index (χ1n) is 6.87. The number of anilines is 2. The number of hydrogen-bond donors (Lipinski definition) is 3. The molecule has 1 saturated carbocycles. The molecular formula is C15H24N2O. The van der Waals surface area contributed by atoms with Gasteiger partial charge in [-0.1, -0.05) is 31.4 Å². The van der Waals surface area contributed by atoms with Crippen LogP contribution in [0.3, 0.4) is 0 Å². The van der Waals surface area contributed by atoms with E-state index in [9.17, 15) is 5.11 Å². The van der Waals surface area contributed by atoms with E-state index < -0.39 is 0 Å². The molecule has 0 aromatic heterocycles. The number of nitrogens with one attached hydrogen (secondary N) is 1. The number of aryl methyl sites for hydroxylation is 1. The zero-order chi connectivity index (χ0) is 13.0. The summed E-state index contributed by atoms with van der Waals surface area (Å²) in [5.74, 6) is 0. The Bertz CT molecular complexity index is 377. The van der Waals surface area contributed by atoms with Gasteiger partial charge in [-0.25, -0.2) is 0 Å². The average Bonchev–Trinajstić information content (AvgIpc) is 2.39. The lowest BCUT2D eigenvalue weighted by Crippen LogP contribution is -2.35. The Morgan fingerprint density at radius 2 is 2.00 bits per heavy atom. The predicted octanol–water partition coefficient (Wildman–Crippen LogP) is 2.93. The molecule has 1 aromatic carbocycles. The van der Waals surface area contributed by atoms with Crippen LogP contribution in [0.15, 0.2) is 18.2 Å². The van der Waals surface area contributed by atoms with Crippen LogP contribution in [-0.4, -0.2) is 18.3 Å². The zero-order valence-corrected chi connectivity index (χ0v) is 11.2. The second-order valence-electron chi connectivity index (χ2n) is 5.61. The maximum atomic E-state index is 9.69. The summed E-state index contributed by atoms with van der Waals surface area (Å²) < 4.78 is 0. The maximum absolute atomic E-state index is 9.69. The lowest BCUT2D eigenvalue weighted by molar-refractivity contribution is 0.0944. The summed E-state index contributed by atoms with van der Waals surface area (Å²) in [6.45, 7) is 3.15. The molecule has 0 unspecified atom stereocenters. The largest absolute Gasteiger partial charge is 0.397 e. The highest BCUT2D eigenvalue weighted by molar-refractivity contribution is 5.69. The molecule has 3 nitrogen and oxygen atoms in total. The predicted molar refractivity (Wildman–Crippen MR) is 76.7 cm³/mol. The van der Waals surface area contributed by atoms with Crippen molar-refractivity contribution < 1.29 is 5.11 Å². The van der Waals surface area contributed by atoms with Crippen LogP contribution in [-0.2, 0) is 0 Å². The Morgan fingerprint density at radius 3 is 2.61 bits per heavy atom. The van der Waals surface area contributed by atoms with E-state index in [4.69, 9.17) is 5.73 Å². The number of benzene rings is 1. The van der Waals surface area contributed by atoms with Gasteiger partial charge in [0.15, 0.2) is 0 Å². The molecule has 1 aromatic rings. The van der Waals surface area contributed by atoms with Gasteiger partial charge in [0.1, 0.15) is 0 Å². The van der Waals surface area contributed by atoms with Gasteiger partial charge in [0.2, 0.25) is 0 Å². The van der Waals surface area contributed by atoms with Crippen LogP contribution in [0.5, 0.6) is 0 Å². The third-order valence-electron chi connectivity index (χ3n) is 4.19. The van der Waals surface area contributed by atoms with Gasteiger partial charge < -0.3 is 16.2 Å². The number of nitrogen functional groups attached to an aromatic ring is 1. The number of para-hydroxylation sites is 1. The number of rotatable bonds is 4. The van der Waals surface area contributed by atoms with Gasteiger partial charge in [0.25, 0.3) is 0 Å². The molecule has 2 rings (SSSR count). The molecule has 0 spiro atoms. The molecule has 0 saturated heterocycles. The highest BCUT2D eigenvalue weighted by Gasteiger charge is 2.31. The minimum absolute atomic E-state index is 0.0486. The van der Waals surface area contributed by atoms with E-state index in [1.54, 1.807) is 0 Å². The van der Waals surface area contributed by atoms with E-state index in [1.807, 2.05) is 12.1 Å². The monoisotopic (exact) mass is 248 g/mol. The number of nitrogens with two attached hydrogens (primary N) is 1. The first-order chi connectivity index (χ1) is 8.67. The minimum atomic E-state index is 0.0486. The van der Waals surface area contributed by atoms with Crippen LogP contribution in [0.25, 0.3) is 0 Å². The molecule has 4 N–H and O–H groups in total. The quantitative estimate of drug-likeness (QED) is 0.718. The molecule has 1 fully saturated rings. The Hall–Kier alpha value is -1.22. The highest BCUT2D eigenvalue weighted by Crippen LogP contribution is 2.36. The molecule has 0 amide bonds. The summed E-state index contributed by atoms with van der Waals surface area (Å²) in [6.07, 6.45) is 5.98. The summed E-state index contributed by atoms with van der Waals surface area (Å²) in [5, 5.41) is 13.1. The summed E-state index contributed by atoms with van der Waals surface area (Å²) in [6, 6.07) is 5.95. The van der Waals surface area contributed by atoms with Gasteiger partial charge in [0.05, 0.1) is 18.0 Å². The molecular weight excluding hydrogens is 224 g/mol. The second-order valence-corrected chi connectivity index (χ2v) is 5.61. The number of aliphatic hydroxyl groups is 1. The zero-order valence-electron chi connectivity index (χ0n) is 11.2. The summed E-state index contributed by atoms with van der Waals surface area (Å²) >= 11 is 0. The van der Waals surface area contributed by atoms with E-state index in [1.165, 1.54) is 24.8 Å².